The highest BCUT2D eigenvalue weighted by Gasteiger charge is 2.24. The monoisotopic (exact) mass is 327 g/mol. The Kier molecular flexibility index (Phi) is 4.66. The highest BCUT2D eigenvalue weighted by Crippen LogP contribution is 2.20. The lowest BCUT2D eigenvalue weighted by atomic mass is 10.1. The summed E-state index contributed by atoms with van der Waals surface area (Å²) in [5, 5.41) is 2.89. The lowest BCUT2D eigenvalue weighted by molar-refractivity contribution is 0.0936. The molecule has 0 unspecified atom stereocenters. The van der Waals surface area contributed by atoms with Crippen molar-refractivity contribution in [2.24, 2.45) is 5.73 Å². The molecule has 2 atom stereocenters. The number of pyridine rings is 1. The second-order valence-electron chi connectivity index (χ2n) is 6.09. The molecule has 24 heavy (non-hydrogen) atoms. The summed E-state index contributed by atoms with van der Waals surface area (Å²) in [6.45, 7) is 0. The van der Waals surface area contributed by atoms with Gasteiger partial charge in [-0.3, -0.25) is 9.59 Å². The van der Waals surface area contributed by atoms with Gasteiger partial charge in [0, 0.05) is 17.8 Å². The van der Waals surface area contributed by atoms with Crippen LogP contribution in [0.2, 0.25) is 0 Å². The molecule has 0 saturated heterocycles. The number of aromatic nitrogens is 1. The average Bonchev–Trinajstić information content (AvgIpc) is 2.99. The van der Waals surface area contributed by atoms with Crippen LogP contribution in [0.1, 0.15) is 29.6 Å². The first kappa shape index (κ1) is 16.3. The maximum Gasteiger partial charge on any atom is 0.261 e. The SMILES string of the molecule is COc1ccc(-c2ccc(C(=O)N[C@H]3CC[C@H](N)C3)c(=O)[nH]2)cc1. The molecule has 6 nitrogen and oxygen atoms in total. The molecular weight excluding hydrogens is 306 g/mol. The van der Waals surface area contributed by atoms with E-state index in [2.05, 4.69) is 10.3 Å². The topological polar surface area (TPSA) is 97.2 Å². The number of hydrogen-bond acceptors (Lipinski definition) is 4. The predicted molar refractivity (Wildman–Crippen MR) is 92.1 cm³/mol. The zero-order chi connectivity index (χ0) is 17.1. The average molecular weight is 327 g/mol. The van der Waals surface area contributed by atoms with Gasteiger partial charge < -0.3 is 20.8 Å². The summed E-state index contributed by atoms with van der Waals surface area (Å²) in [4.78, 5) is 27.3. The van der Waals surface area contributed by atoms with E-state index < -0.39 is 5.56 Å². The van der Waals surface area contributed by atoms with Crippen LogP contribution in [0, 0.1) is 0 Å². The van der Waals surface area contributed by atoms with Crippen molar-refractivity contribution in [2.75, 3.05) is 7.11 Å². The summed E-state index contributed by atoms with van der Waals surface area (Å²) in [5.74, 6) is 0.392. The van der Waals surface area contributed by atoms with Crippen molar-refractivity contribution >= 4 is 5.91 Å². The van der Waals surface area contributed by atoms with Crippen LogP contribution in [0.5, 0.6) is 5.75 Å². The van der Waals surface area contributed by atoms with Crippen LogP contribution in [0.4, 0.5) is 0 Å². The van der Waals surface area contributed by atoms with Gasteiger partial charge in [0.15, 0.2) is 0 Å². The van der Waals surface area contributed by atoms with Crippen LogP contribution < -0.4 is 21.3 Å². The number of benzene rings is 1. The van der Waals surface area contributed by atoms with Gasteiger partial charge in [-0.25, -0.2) is 0 Å². The number of nitrogens with one attached hydrogen (secondary N) is 2. The van der Waals surface area contributed by atoms with Crippen molar-refractivity contribution in [2.45, 2.75) is 31.3 Å². The largest absolute Gasteiger partial charge is 0.497 e. The molecule has 1 amide bonds. The molecule has 0 aliphatic heterocycles. The van der Waals surface area contributed by atoms with Gasteiger partial charge in [-0.05, 0) is 61.2 Å². The van der Waals surface area contributed by atoms with Gasteiger partial charge in [0.2, 0.25) is 0 Å². The molecule has 6 heteroatoms. The predicted octanol–water partition coefficient (Wildman–Crippen LogP) is 1.66. The summed E-state index contributed by atoms with van der Waals surface area (Å²) in [6.07, 6.45) is 2.51. The van der Waals surface area contributed by atoms with Crippen molar-refractivity contribution in [1.29, 1.82) is 0 Å². The smallest absolute Gasteiger partial charge is 0.261 e. The van der Waals surface area contributed by atoms with E-state index in [0.717, 1.165) is 30.6 Å². The van der Waals surface area contributed by atoms with Crippen molar-refractivity contribution in [3.8, 4) is 17.0 Å². The Labute approximate surface area is 140 Å². The molecule has 1 aliphatic rings. The van der Waals surface area contributed by atoms with Crippen molar-refractivity contribution < 1.29 is 9.53 Å². The summed E-state index contributed by atoms with van der Waals surface area (Å²) in [6, 6.07) is 10.8. The van der Waals surface area contributed by atoms with Gasteiger partial charge in [-0.2, -0.15) is 0 Å². The summed E-state index contributed by atoms with van der Waals surface area (Å²) < 4.78 is 5.12. The number of methoxy groups -OCH3 is 1. The normalized spacial score (nSPS) is 19.9. The third kappa shape index (κ3) is 3.49. The zero-order valence-electron chi connectivity index (χ0n) is 13.5. The molecule has 0 radical (unpaired) electrons. The number of amides is 1. The van der Waals surface area contributed by atoms with Crippen LogP contribution >= 0.6 is 0 Å². The molecule has 2 aromatic rings. The quantitative estimate of drug-likeness (QED) is 0.795. The number of H-pyrrole nitrogens is 1. The first-order valence-corrected chi connectivity index (χ1v) is 8.01. The highest BCUT2D eigenvalue weighted by atomic mass is 16.5. The van der Waals surface area contributed by atoms with Crippen LogP contribution in [-0.4, -0.2) is 30.1 Å². The van der Waals surface area contributed by atoms with Gasteiger partial charge in [-0.15, -0.1) is 0 Å². The molecule has 0 spiro atoms. The van der Waals surface area contributed by atoms with E-state index in [1.807, 2.05) is 24.3 Å². The van der Waals surface area contributed by atoms with Gasteiger partial charge >= 0.3 is 0 Å². The maximum atomic E-state index is 12.3. The van der Waals surface area contributed by atoms with E-state index >= 15 is 0 Å². The molecule has 1 saturated carbocycles. The van der Waals surface area contributed by atoms with Crippen LogP contribution in [0.25, 0.3) is 11.3 Å². The van der Waals surface area contributed by atoms with Crippen molar-refractivity contribution in [3.05, 3.63) is 52.3 Å². The number of carbonyl (C=O) groups is 1. The Hall–Kier alpha value is -2.60. The molecule has 1 heterocycles. The van der Waals surface area contributed by atoms with Crippen LogP contribution in [0.3, 0.4) is 0 Å². The van der Waals surface area contributed by atoms with E-state index in [0.29, 0.717) is 5.69 Å². The second-order valence-corrected chi connectivity index (χ2v) is 6.09. The maximum absolute atomic E-state index is 12.3. The van der Waals surface area contributed by atoms with E-state index in [1.54, 1.807) is 19.2 Å². The third-order valence-corrected chi connectivity index (χ3v) is 4.36. The molecular formula is C18H21N3O3. The standard InChI is InChI=1S/C18H21N3O3/c1-24-14-6-2-11(3-7-14)16-9-8-15(18(23)21-16)17(22)20-13-5-4-12(19)10-13/h2-3,6-9,12-13H,4-5,10,19H2,1H3,(H,20,22)(H,21,23)/t12-,13-/m0/s1. The van der Waals surface area contributed by atoms with E-state index in [4.69, 9.17) is 10.5 Å². The Morgan fingerprint density at radius 2 is 1.96 bits per heavy atom. The number of nitrogens with two attached hydrogens (primary N) is 1. The number of hydrogen-bond donors (Lipinski definition) is 3. The van der Waals surface area contributed by atoms with Crippen molar-refractivity contribution in [3.63, 3.8) is 0 Å². The molecule has 4 N–H and O–H groups in total. The molecule has 1 fully saturated rings. The van der Waals surface area contributed by atoms with Gasteiger partial charge in [0.05, 0.1) is 7.11 Å². The zero-order valence-corrected chi connectivity index (χ0v) is 13.5. The lowest BCUT2D eigenvalue weighted by Crippen LogP contribution is -2.37. The molecule has 1 aliphatic carbocycles. The minimum Gasteiger partial charge on any atom is -0.497 e. The lowest BCUT2D eigenvalue weighted by Gasteiger charge is -2.12. The van der Waals surface area contributed by atoms with E-state index in [-0.39, 0.29) is 23.6 Å². The van der Waals surface area contributed by atoms with E-state index in [9.17, 15) is 9.59 Å². The van der Waals surface area contributed by atoms with Gasteiger partial charge in [0.25, 0.3) is 11.5 Å². The van der Waals surface area contributed by atoms with E-state index in [1.165, 1.54) is 0 Å². The molecule has 1 aromatic carbocycles. The minimum atomic E-state index is -0.400. The van der Waals surface area contributed by atoms with Gasteiger partial charge in [0.1, 0.15) is 11.3 Å². The first-order chi connectivity index (χ1) is 11.6. The Morgan fingerprint density at radius 1 is 1.21 bits per heavy atom. The first-order valence-electron chi connectivity index (χ1n) is 8.01. The third-order valence-electron chi connectivity index (χ3n) is 4.36. The number of carbonyl (C=O) groups excluding carboxylic acids is 1. The Bertz CT molecular complexity index is 783. The van der Waals surface area contributed by atoms with Gasteiger partial charge in [-0.1, -0.05) is 0 Å². The second kappa shape index (κ2) is 6.88. The van der Waals surface area contributed by atoms with Crippen LogP contribution in [0.15, 0.2) is 41.2 Å². The molecule has 126 valence electrons. The summed E-state index contributed by atoms with van der Waals surface area (Å²) in [7, 11) is 1.60. The fourth-order valence-corrected chi connectivity index (χ4v) is 3.00. The number of rotatable bonds is 4. The summed E-state index contributed by atoms with van der Waals surface area (Å²) >= 11 is 0. The number of ether oxygens (including phenoxy) is 1. The van der Waals surface area contributed by atoms with Crippen LogP contribution in [-0.2, 0) is 0 Å². The summed E-state index contributed by atoms with van der Waals surface area (Å²) in [5.41, 5.74) is 7.07. The Morgan fingerprint density at radius 3 is 2.54 bits per heavy atom. The molecule has 0 bridgehead atoms. The number of aromatic amines is 1. The highest BCUT2D eigenvalue weighted by molar-refractivity contribution is 5.94. The Balaban J connectivity index is 1.76. The molecule has 1 aromatic heterocycles. The fourth-order valence-electron chi connectivity index (χ4n) is 3.00. The minimum absolute atomic E-state index is 0.0492. The van der Waals surface area contributed by atoms with Crippen molar-refractivity contribution in [1.82, 2.24) is 10.3 Å². The molecule has 3 rings (SSSR count). The fraction of sp³-hybridized carbons (Fsp3) is 0.333.